The highest BCUT2D eigenvalue weighted by Crippen LogP contribution is 2.29. The average Bonchev–Trinajstić information content (AvgIpc) is 3.21. The summed E-state index contributed by atoms with van der Waals surface area (Å²) in [7, 11) is 3.21. The second kappa shape index (κ2) is 9.13. The molecule has 1 aromatic carbocycles. The Labute approximate surface area is 188 Å². The highest BCUT2D eigenvalue weighted by atomic mass is 32.1. The van der Waals surface area contributed by atoms with Crippen molar-refractivity contribution in [2.45, 2.75) is 20.0 Å². The van der Waals surface area contributed by atoms with Crippen LogP contribution < -0.4 is 9.64 Å². The van der Waals surface area contributed by atoms with E-state index in [1.165, 1.54) is 28.4 Å². The van der Waals surface area contributed by atoms with Gasteiger partial charge < -0.3 is 19.3 Å². The van der Waals surface area contributed by atoms with Gasteiger partial charge in [0, 0.05) is 38.9 Å². The highest BCUT2D eigenvalue weighted by Gasteiger charge is 2.23. The lowest BCUT2D eigenvalue weighted by Crippen LogP contribution is -2.42. The Balaban J connectivity index is 1.68. The summed E-state index contributed by atoms with van der Waals surface area (Å²) in [4.78, 5) is 33.8. The zero-order valence-corrected chi connectivity index (χ0v) is 19.0. The third-order valence-electron chi connectivity index (χ3n) is 4.75. The van der Waals surface area contributed by atoms with Gasteiger partial charge in [-0.1, -0.05) is 0 Å². The Bertz CT molecular complexity index is 1140. The maximum absolute atomic E-state index is 14.7. The van der Waals surface area contributed by atoms with Crippen LogP contribution in [0, 0.1) is 12.7 Å². The Hall–Kier alpha value is -3.18. The third-order valence-corrected chi connectivity index (χ3v) is 5.66. The van der Waals surface area contributed by atoms with Gasteiger partial charge in [-0.25, -0.2) is 9.37 Å². The van der Waals surface area contributed by atoms with Crippen molar-refractivity contribution in [3.8, 4) is 22.5 Å². The number of carbonyl (C=O) groups excluding carboxylic acids is 1. The van der Waals surface area contributed by atoms with Crippen molar-refractivity contribution in [3.05, 3.63) is 40.8 Å². The fourth-order valence-corrected chi connectivity index (χ4v) is 3.89. The number of morpholine rings is 1. The Kier molecular flexibility index (Phi) is 6.28. The molecule has 0 N–H and O–H groups in total. The zero-order chi connectivity index (χ0) is 22.8. The van der Waals surface area contributed by atoms with Crippen LogP contribution in [0.2, 0.25) is 0 Å². The van der Waals surface area contributed by atoms with Gasteiger partial charge in [-0.3, -0.25) is 4.79 Å². The van der Waals surface area contributed by atoms with E-state index >= 15 is 0 Å². The molecule has 1 amide bonds. The van der Waals surface area contributed by atoms with E-state index in [0.29, 0.717) is 31.5 Å². The molecule has 0 unspecified atom stereocenters. The first-order chi connectivity index (χ1) is 15.3. The number of amides is 1. The van der Waals surface area contributed by atoms with E-state index in [-0.39, 0.29) is 29.3 Å². The Morgan fingerprint density at radius 3 is 2.78 bits per heavy atom. The summed E-state index contributed by atoms with van der Waals surface area (Å²) in [5.41, 5.74) is 0.222. The van der Waals surface area contributed by atoms with Gasteiger partial charge in [-0.2, -0.15) is 15.0 Å². The van der Waals surface area contributed by atoms with E-state index in [2.05, 4.69) is 19.9 Å². The second-order valence-electron chi connectivity index (χ2n) is 7.56. The van der Waals surface area contributed by atoms with Gasteiger partial charge in [0.25, 0.3) is 5.91 Å². The number of thiazole rings is 1. The maximum atomic E-state index is 14.7. The van der Waals surface area contributed by atoms with Crippen LogP contribution in [-0.4, -0.2) is 70.6 Å². The molecule has 3 heterocycles. The molecule has 0 radical (unpaired) electrons. The molecule has 0 bridgehead atoms. The first-order valence-electron chi connectivity index (χ1n) is 10.0. The van der Waals surface area contributed by atoms with Crippen molar-refractivity contribution in [3.63, 3.8) is 0 Å². The minimum atomic E-state index is -0.685. The minimum absolute atomic E-state index is 0.0261. The highest BCUT2D eigenvalue weighted by molar-refractivity contribution is 7.14. The molecule has 0 saturated carbocycles. The number of rotatable bonds is 5. The van der Waals surface area contributed by atoms with Crippen molar-refractivity contribution in [1.82, 2.24) is 24.8 Å². The number of halogens is 1. The molecule has 168 valence electrons. The summed E-state index contributed by atoms with van der Waals surface area (Å²) in [5.74, 6) is -0.253. The smallest absolute Gasteiger partial charge is 0.327 e. The Morgan fingerprint density at radius 1 is 1.31 bits per heavy atom. The molecule has 2 aromatic heterocycles. The van der Waals surface area contributed by atoms with Crippen LogP contribution in [-0.2, 0) is 4.74 Å². The van der Waals surface area contributed by atoms with Gasteiger partial charge in [0.15, 0.2) is 17.4 Å². The van der Waals surface area contributed by atoms with Gasteiger partial charge in [0.2, 0.25) is 5.95 Å². The molecule has 1 atom stereocenters. The lowest BCUT2D eigenvalue weighted by atomic mass is 10.2. The number of aryl methyl sites for hydroxylation is 1. The van der Waals surface area contributed by atoms with Crippen LogP contribution in [0.15, 0.2) is 24.4 Å². The van der Waals surface area contributed by atoms with Gasteiger partial charge in [-0.05, 0) is 32.0 Å². The SMILES string of the molecule is Cc1ncc(-c2nc(Oc3ccc(C(=O)N(C)C)cc3F)nc(N3CCO[C@H](C)C3)n2)s1. The summed E-state index contributed by atoms with van der Waals surface area (Å²) in [5, 5.41) is 0.872. The first-order valence-corrected chi connectivity index (χ1v) is 10.9. The van der Waals surface area contributed by atoms with Crippen molar-refractivity contribution in [1.29, 1.82) is 0 Å². The van der Waals surface area contributed by atoms with Crippen molar-refractivity contribution in [2.75, 3.05) is 38.7 Å². The molecule has 1 aliphatic heterocycles. The van der Waals surface area contributed by atoms with Crippen LogP contribution in [0.25, 0.3) is 10.7 Å². The first kappa shape index (κ1) is 22.0. The summed E-state index contributed by atoms with van der Waals surface area (Å²) in [6, 6.07) is 3.99. The molecule has 0 spiro atoms. The van der Waals surface area contributed by atoms with Crippen LogP contribution in [0.4, 0.5) is 10.3 Å². The van der Waals surface area contributed by atoms with Crippen LogP contribution in [0.1, 0.15) is 22.3 Å². The fraction of sp³-hybridized carbons (Fsp3) is 0.381. The van der Waals surface area contributed by atoms with E-state index in [4.69, 9.17) is 9.47 Å². The lowest BCUT2D eigenvalue weighted by molar-refractivity contribution is 0.0526. The maximum Gasteiger partial charge on any atom is 0.327 e. The number of aromatic nitrogens is 4. The summed E-state index contributed by atoms with van der Waals surface area (Å²) < 4.78 is 26.0. The van der Waals surface area contributed by atoms with Crippen molar-refractivity contribution < 1.29 is 18.7 Å². The summed E-state index contributed by atoms with van der Waals surface area (Å²) in [6.45, 7) is 5.65. The van der Waals surface area contributed by atoms with Crippen molar-refractivity contribution >= 4 is 23.2 Å². The number of benzene rings is 1. The number of nitrogens with zero attached hydrogens (tertiary/aromatic N) is 6. The topological polar surface area (TPSA) is 93.6 Å². The van der Waals surface area contributed by atoms with Crippen LogP contribution in [0.3, 0.4) is 0 Å². The molecule has 0 aliphatic carbocycles. The molecule has 1 fully saturated rings. The van der Waals surface area contributed by atoms with E-state index in [9.17, 15) is 9.18 Å². The predicted octanol–water partition coefficient (Wildman–Crippen LogP) is 3.16. The minimum Gasteiger partial charge on any atom is -0.421 e. The number of hydrogen-bond donors (Lipinski definition) is 0. The van der Waals surface area contributed by atoms with E-state index in [1.807, 2.05) is 18.7 Å². The molecule has 4 rings (SSSR count). The van der Waals surface area contributed by atoms with Crippen LogP contribution >= 0.6 is 11.3 Å². The standard InChI is InChI=1S/C21H23FN6O3S/c1-12-11-28(7-8-30-12)20-24-18(17-10-23-13(2)32-17)25-21(26-20)31-16-6-5-14(9-15(16)22)19(29)27(3)4/h5-6,9-10,12H,7-8,11H2,1-4H3/t12-/m1/s1. The monoisotopic (exact) mass is 458 g/mol. The number of ether oxygens (including phenoxy) is 2. The van der Waals surface area contributed by atoms with E-state index in [0.717, 1.165) is 16.0 Å². The second-order valence-corrected chi connectivity index (χ2v) is 8.79. The number of hydrogen-bond acceptors (Lipinski definition) is 9. The molecular weight excluding hydrogens is 435 g/mol. The lowest BCUT2D eigenvalue weighted by Gasteiger charge is -2.31. The van der Waals surface area contributed by atoms with Gasteiger partial charge in [0.05, 0.1) is 22.6 Å². The fourth-order valence-electron chi connectivity index (χ4n) is 3.18. The largest absolute Gasteiger partial charge is 0.421 e. The molecule has 32 heavy (non-hydrogen) atoms. The average molecular weight is 459 g/mol. The molecular formula is C21H23FN6O3S. The zero-order valence-electron chi connectivity index (χ0n) is 18.2. The van der Waals surface area contributed by atoms with Gasteiger partial charge in [-0.15, -0.1) is 11.3 Å². The predicted molar refractivity (Wildman–Crippen MR) is 118 cm³/mol. The van der Waals surface area contributed by atoms with E-state index < -0.39 is 5.82 Å². The summed E-state index contributed by atoms with van der Waals surface area (Å²) in [6.07, 6.45) is 1.71. The molecule has 1 saturated heterocycles. The molecule has 1 aliphatic rings. The number of carbonyl (C=O) groups is 1. The molecule has 9 nitrogen and oxygen atoms in total. The number of anilines is 1. The van der Waals surface area contributed by atoms with Gasteiger partial charge >= 0.3 is 6.01 Å². The quantitative estimate of drug-likeness (QED) is 0.576. The molecule has 11 heteroatoms. The van der Waals surface area contributed by atoms with Gasteiger partial charge in [0.1, 0.15) is 0 Å². The third kappa shape index (κ3) is 4.83. The Morgan fingerprint density at radius 2 is 2.12 bits per heavy atom. The normalized spacial score (nSPS) is 16.2. The summed E-state index contributed by atoms with van der Waals surface area (Å²) >= 11 is 1.44. The van der Waals surface area contributed by atoms with E-state index in [1.54, 1.807) is 20.3 Å². The van der Waals surface area contributed by atoms with Crippen molar-refractivity contribution in [2.24, 2.45) is 0 Å². The van der Waals surface area contributed by atoms with Crippen LogP contribution in [0.5, 0.6) is 11.8 Å². The molecule has 3 aromatic rings.